The molecule has 0 radical (unpaired) electrons. The average Bonchev–Trinajstić information content (AvgIpc) is 2.48. The summed E-state index contributed by atoms with van der Waals surface area (Å²) in [6.45, 7) is 1.77. The number of rotatable bonds is 5. The Hall–Kier alpha value is -0.750. The summed E-state index contributed by atoms with van der Waals surface area (Å²) in [4.78, 5) is 0. The van der Waals surface area contributed by atoms with Crippen LogP contribution < -0.4 is 4.72 Å². The quantitative estimate of drug-likeness (QED) is 0.753. The summed E-state index contributed by atoms with van der Waals surface area (Å²) >= 11 is 5.41. The van der Waals surface area contributed by atoms with E-state index in [-0.39, 0.29) is 5.75 Å². The van der Waals surface area contributed by atoms with E-state index in [1.54, 1.807) is 13.1 Å². The van der Waals surface area contributed by atoms with Gasteiger partial charge in [-0.15, -0.1) is 11.6 Å². The lowest BCUT2D eigenvalue weighted by molar-refractivity contribution is 0.599. The molecule has 2 N–H and O–H groups in total. The van der Waals surface area contributed by atoms with E-state index in [2.05, 4.69) is 14.9 Å². The minimum Gasteiger partial charge on any atom is -0.268 e. The van der Waals surface area contributed by atoms with E-state index in [0.29, 0.717) is 18.1 Å². The van der Waals surface area contributed by atoms with E-state index in [0.717, 1.165) is 5.56 Å². The summed E-state index contributed by atoms with van der Waals surface area (Å²) in [5.74, 6) is 0.775. The van der Waals surface area contributed by atoms with Crippen LogP contribution in [0.4, 0.5) is 5.82 Å². The van der Waals surface area contributed by atoms with E-state index >= 15 is 0 Å². The molecular weight excluding hydrogens is 226 g/mol. The monoisotopic (exact) mass is 237 g/mol. The molecule has 0 aliphatic heterocycles. The number of hydrogen-bond donors (Lipinski definition) is 2. The van der Waals surface area contributed by atoms with E-state index < -0.39 is 10.0 Å². The first-order valence-electron chi connectivity index (χ1n) is 4.11. The molecule has 7 heteroatoms. The molecule has 80 valence electrons. The second kappa shape index (κ2) is 4.65. The van der Waals surface area contributed by atoms with E-state index in [1.807, 2.05) is 0 Å². The molecule has 14 heavy (non-hydrogen) atoms. The standard InChI is InChI=1S/C7H12ClN3O2S/c1-6-5-9-10-7(6)11-14(12,13)4-2-3-8/h5H,2-4H2,1H3,(H2,9,10,11). The first-order chi connectivity index (χ1) is 6.55. The first kappa shape index (κ1) is 11.3. The number of nitrogens with zero attached hydrogens (tertiary/aromatic N) is 1. The van der Waals surface area contributed by atoms with Crippen LogP contribution in [0.15, 0.2) is 6.20 Å². The van der Waals surface area contributed by atoms with Crippen molar-refractivity contribution < 1.29 is 8.42 Å². The largest absolute Gasteiger partial charge is 0.268 e. The van der Waals surface area contributed by atoms with Crippen molar-refractivity contribution in [2.24, 2.45) is 0 Å². The number of halogens is 1. The fourth-order valence-corrected chi connectivity index (χ4v) is 2.34. The normalized spacial score (nSPS) is 11.6. The summed E-state index contributed by atoms with van der Waals surface area (Å²) in [5, 5.41) is 6.27. The molecule has 5 nitrogen and oxygen atoms in total. The molecule has 0 fully saturated rings. The molecule has 0 amide bonds. The number of nitrogens with one attached hydrogen (secondary N) is 2. The molecule has 1 rings (SSSR count). The molecule has 0 aromatic carbocycles. The van der Waals surface area contributed by atoms with Crippen LogP contribution in [0.3, 0.4) is 0 Å². The zero-order valence-electron chi connectivity index (χ0n) is 7.75. The Morgan fingerprint density at radius 1 is 1.64 bits per heavy atom. The fraction of sp³-hybridized carbons (Fsp3) is 0.571. The van der Waals surface area contributed by atoms with Gasteiger partial charge in [0.15, 0.2) is 0 Å². The van der Waals surface area contributed by atoms with Gasteiger partial charge in [0.1, 0.15) is 5.82 Å². The Labute approximate surface area is 87.9 Å². The highest BCUT2D eigenvalue weighted by Gasteiger charge is 2.11. The molecule has 0 unspecified atom stereocenters. The van der Waals surface area contributed by atoms with Gasteiger partial charge in [-0.2, -0.15) is 5.10 Å². The van der Waals surface area contributed by atoms with Crippen molar-refractivity contribution >= 4 is 27.4 Å². The highest BCUT2D eigenvalue weighted by Crippen LogP contribution is 2.11. The van der Waals surface area contributed by atoms with Crippen LogP contribution in [0.1, 0.15) is 12.0 Å². The van der Waals surface area contributed by atoms with E-state index in [1.165, 1.54) is 0 Å². The molecule has 1 heterocycles. The molecule has 1 aromatic heterocycles. The minimum absolute atomic E-state index is 0.0228. The Morgan fingerprint density at radius 2 is 2.36 bits per heavy atom. The Kier molecular flexibility index (Phi) is 3.77. The zero-order chi connectivity index (χ0) is 10.6. The number of aryl methyl sites for hydroxylation is 1. The van der Waals surface area contributed by atoms with Gasteiger partial charge in [-0.25, -0.2) is 8.42 Å². The maximum absolute atomic E-state index is 11.4. The van der Waals surface area contributed by atoms with Crippen LogP contribution in [0.25, 0.3) is 0 Å². The van der Waals surface area contributed by atoms with Gasteiger partial charge in [-0.05, 0) is 13.3 Å². The average molecular weight is 238 g/mol. The van der Waals surface area contributed by atoms with Gasteiger partial charge in [0.05, 0.1) is 11.9 Å². The van der Waals surface area contributed by atoms with Crippen molar-refractivity contribution in [2.75, 3.05) is 16.4 Å². The molecule has 0 atom stereocenters. The van der Waals surface area contributed by atoms with Crippen molar-refractivity contribution in [1.29, 1.82) is 0 Å². The molecule has 0 bridgehead atoms. The minimum atomic E-state index is -3.29. The molecule has 0 spiro atoms. The van der Waals surface area contributed by atoms with Crippen LogP contribution in [-0.4, -0.2) is 30.2 Å². The topological polar surface area (TPSA) is 74.8 Å². The number of aromatic nitrogens is 2. The third-order valence-electron chi connectivity index (χ3n) is 1.63. The van der Waals surface area contributed by atoms with Gasteiger partial charge in [-0.1, -0.05) is 0 Å². The smallest absolute Gasteiger partial charge is 0.233 e. The Bertz CT molecular complexity index is 387. The van der Waals surface area contributed by atoms with Gasteiger partial charge in [0, 0.05) is 11.4 Å². The molecule has 0 aliphatic carbocycles. The molecule has 1 aromatic rings. The van der Waals surface area contributed by atoms with E-state index in [9.17, 15) is 8.42 Å². The number of hydrogen-bond acceptors (Lipinski definition) is 3. The summed E-state index contributed by atoms with van der Waals surface area (Å²) in [6, 6.07) is 0. The van der Waals surface area contributed by atoms with Crippen LogP contribution in [0.5, 0.6) is 0 Å². The van der Waals surface area contributed by atoms with Crippen LogP contribution in [-0.2, 0) is 10.0 Å². The number of anilines is 1. The molecule has 0 aliphatic rings. The SMILES string of the molecule is Cc1cn[nH]c1NS(=O)(=O)CCCCl. The summed E-state index contributed by atoms with van der Waals surface area (Å²) in [5.41, 5.74) is 0.763. The second-order valence-electron chi connectivity index (χ2n) is 2.89. The molecule has 0 saturated heterocycles. The van der Waals surface area contributed by atoms with Gasteiger partial charge < -0.3 is 0 Å². The maximum atomic E-state index is 11.4. The van der Waals surface area contributed by atoms with Crippen molar-refractivity contribution in [3.63, 3.8) is 0 Å². The lowest BCUT2D eigenvalue weighted by Crippen LogP contribution is -2.17. The molecular formula is C7H12ClN3O2S. The van der Waals surface area contributed by atoms with Crippen molar-refractivity contribution in [3.8, 4) is 0 Å². The zero-order valence-corrected chi connectivity index (χ0v) is 9.32. The summed E-state index contributed by atoms with van der Waals surface area (Å²) in [6.07, 6.45) is 1.99. The van der Waals surface area contributed by atoms with Crippen molar-refractivity contribution in [2.45, 2.75) is 13.3 Å². The number of sulfonamides is 1. The highest BCUT2D eigenvalue weighted by atomic mass is 35.5. The lowest BCUT2D eigenvalue weighted by Gasteiger charge is -2.05. The van der Waals surface area contributed by atoms with Crippen molar-refractivity contribution in [3.05, 3.63) is 11.8 Å². The lowest BCUT2D eigenvalue weighted by atomic mass is 10.4. The van der Waals surface area contributed by atoms with Crippen LogP contribution in [0.2, 0.25) is 0 Å². The van der Waals surface area contributed by atoms with Gasteiger partial charge in [0.2, 0.25) is 10.0 Å². The highest BCUT2D eigenvalue weighted by molar-refractivity contribution is 7.92. The Morgan fingerprint density at radius 3 is 2.86 bits per heavy atom. The van der Waals surface area contributed by atoms with Gasteiger partial charge >= 0.3 is 0 Å². The maximum Gasteiger partial charge on any atom is 0.233 e. The van der Waals surface area contributed by atoms with Gasteiger partial charge in [-0.3, -0.25) is 9.82 Å². The van der Waals surface area contributed by atoms with Crippen LogP contribution >= 0.6 is 11.6 Å². The van der Waals surface area contributed by atoms with Gasteiger partial charge in [0.25, 0.3) is 0 Å². The first-order valence-corrected chi connectivity index (χ1v) is 6.30. The fourth-order valence-electron chi connectivity index (χ4n) is 0.901. The second-order valence-corrected chi connectivity index (χ2v) is 5.11. The summed E-state index contributed by atoms with van der Waals surface area (Å²) < 4.78 is 25.2. The predicted molar refractivity (Wildman–Crippen MR) is 56.1 cm³/mol. The number of aromatic amines is 1. The van der Waals surface area contributed by atoms with Crippen LogP contribution in [0, 0.1) is 6.92 Å². The number of alkyl halides is 1. The van der Waals surface area contributed by atoms with E-state index in [4.69, 9.17) is 11.6 Å². The Balaban J connectivity index is 2.64. The third kappa shape index (κ3) is 3.19. The molecule has 0 saturated carbocycles. The summed E-state index contributed by atoms with van der Waals surface area (Å²) in [7, 11) is -3.29. The van der Waals surface area contributed by atoms with Crippen molar-refractivity contribution in [1.82, 2.24) is 10.2 Å². The predicted octanol–water partition coefficient (Wildman–Crippen LogP) is 1.09. The third-order valence-corrected chi connectivity index (χ3v) is 3.24. The number of H-pyrrole nitrogens is 1.